The van der Waals surface area contributed by atoms with Crippen molar-refractivity contribution < 1.29 is 4.79 Å². The molecule has 1 N–H and O–H groups in total. The number of hydrogen-bond acceptors (Lipinski definition) is 4. The van der Waals surface area contributed by atoms with E-state index in [9.17, 15) is 4.79 Å². The van der Waals surface area contributed by atoms with Crippen molar-refractivity contribution in [2.75, 3.05) is 36.4 Å². The number of carbonyl (C=O) groups excluding carboxylic acids is 1. The van der Waals surface area contributed by atoms with Crippen molar-refractivity contribution in [2.24, 2.45) is 0 Å². The molecule has 1 fully saturated rings. The fourth-order valence-corrected chi connectivity index (χ4v) is 3.46. The van der Waals surface area contributed by atoms with Gasteiger partial charge in [-0.05, 0) is 48.9 Å². The van der Waals surface area contributed by atoms with Crippen LogP contribution in [0.5, 0.6) is 0 Å². The van der Waals surface area contributed by atoms with Gasteiger partial charge in [0.25, 0.3) is 0 Å². The SMILES string of the molecule is Cc1cccc(NC(=O)N2CCN(c3ccc(-c4ccc(Cl)cc4)nn3)CC2)c1. The van der Waals surface area contributed by atoms with E-state index in [1.807, 2.05) is 72.5 Å². The highest BCUT2D eigenvalue weighted by Gasteiger charge is 2.22. The summed E-state index contributed by atoms with van der Waals surface area (Å²) < 4.78 is 0. The van der Waals surface area contributed by atoms with Gasteiger partial charge in [-0.25, -0.2) is 4.79 Å². The van der Waals surface area contributed by atoms with Crippen LogP contribution in [-0.2, 0) is 0 Å². The third kappa shape index (κ3) is 4.66. The summed E-state index contributed by atoms with van der Waals surface area (Å²) in [5.74, 6) is 0.821. The molecule has 6 nitrogen and oxygen atoms in total. The first-order valence-electron chi connectivity index (χ1n) is 9.56. The Labute approximate surface area is 175 Å². The van der Waals surface area contributed by atoms with E-state index in [0.29, 0.717) is 18.1 Å². The largest absolute Gasteiger partial charge is 0.352 e. The molecule has 2 amide bonds. The van der Waals surface area contributed by atoms with Crippen LogP contribution in [0.1, 0.15) is 5.56 Å². The number of aryl methyl sites for hydroxylation is 1. The van der Waals surface area contributed by atoms with Crippen LogP contribution in [-0.4, -0.2) is 47.3 Å². The van der Waals surface area contributed by atoms with Crippen molar-refractivity contribution in [1.82, 2.24) is 15.1 Å². The highest BCUT2D eigenvalue weighted by molar-refractivity contribution is 6.30. The molecule has 4 rings (SSSR count). The number of piperazine rings is 1. The highest BCUT2D eigenvalue weighted by Crippen LogP contribution is 2.21. The van der Waals surface area contributed by atoms with Gasteiger partial charge >= 0.3 is 6.03 Å². The molecule has 0 aliphatic carbocycles. The van der Waals surface area contributed by atoms with E-state index in [4.69, 9.17) is 11.6 Å². The van der Waals surface area contributed by atoms with Crippen LogP contribution in [0.25, 0.3) is 11.3 Å². The molecule has 1 saturated heterocycles. The summed E-state index contributed by atoms with van der Waals surface area (Å²) in [4.78, 5) is 16.5. The molecule has 29 heavy (non-hydrogen) atoms. The molecular formula is C22H22ClN5O. The van der Waals surface area contributed by atoms with Gasteiger partial charge in [-0.15, -0.1) is 10.2 Å². The van der Waals surface area contributed by atoms with Gasteiger partial charge in [0.15, 0.2) is 5.82 Å². The van der Waals surface area contributed by atoms with E-state index in [2.05, 4.69) is 20.4 Å². The minimum Gasteiger partial charge on any atom is -0.352 e. The van der Waals surface area contributed by atoms with Crippen LogP contribution in [0.3, 0.4) is 0 Å². The Morgan fingerprint density at radius 3 is 2.38 bits per heavy atom. The number of halogens is 1. The topological polar surface area (TPSA) is 61.4 Å². The molecule has 0 spiro atoms. The van der Waals surface area contributed by atoms with Gasteiger partial charge in [-0.2, -0.15) is 0 Å². The molecule has 3 aromatic rings. The molecule has 7 heteroatoms. The molecular weight excluding hydrogens is 386 g/mol. The second kappa shape index (κ2) is 8.49. The van der Waals surface area contributed by atoms with Gasteiger partial charge in [-0.1, -0.05) is 35.9 Å². The predicted molar refractivity (Wildman–Crippen MR) is 116 cm³/mol. The summed E-state index contributed by atoms with van der Waals surface area (Å²) in [6, 6.07) is 19.2. The third-order valence-corrected chi connectivity index (χ3v) is 5.20. The number of anilines is 2. The van der Waals surface area contributed by atoms with Gasteiger partial charge in [0.2, 0.25) is 0 Å². The molecule has 2 heterocycles. The Bertz CT molecular complexity index is 983. The third-order valence-electron chi connectivity index (χ3n) is 4.95. The van der Waals surface area contributed by atoms with E-state index in [1.165, 1.54) is 0 Å². The Morgan fingerprint density at radius 2 is 1.72 bits per heavy atom. The summed E-state index contributed by atoms with van der Waals surface area (Å²) in [5.41, 5.74) is 3.72. The zero-order chi connectivity index (χ0) is 20.2. The number of nitrogens with zero attached hydrogens (tertiary/aromatic N) is 4. The smallest absolute Gasteiger partial charge is 0.321 e. The molecule has 0 atom stereocenters. The van der Waals surface area contributed by atoms with E-state index in [1.54, 1.807) is 0 Å². The number of carbonyl (C=O) groups is 1. The van der Waals surface area contributed by atoms with Crippen LogP contribution >= 0.6 is 11.6 Å². The lowest BCUT2D eigenvalue weighted by atomic mass is 10.1. The normalized spacial score (nSPS) is 14.0. The molecule has 1 aliphatic heterocycles. The number of amides is 2. The van der Waals surface area contributed by atoms with Crippen LogP contribution in [0.15, 0.2) is 60.7 Å². The van der Waals surface area contributed by atoms with Crippen LogP contribution in [0.2, 0.25) is 5.02 Å². The van der Waals surface area contributed by atoms with Gasteiger partial charge in [0, 0.05) is 42.5 Å². The van der Waals surface area contributed by atoms with Crippen molar-refractivity contribution in [2.45, 2.75) is 6.92 Å². The summed E-state index contributed by atoms with van der Waals surface area (Å²) >= 11 is 5.94. The first-order chi connectivity index (χ1) is 14.1. The maximum atomic E-state index is 12.5. The molecule has 0 bridgehead atoms. The summed E-state index contributed by atoms with van der Waals surface area (Å²) in [6.07, 6.45) is 0. The second-order valence-electron chi connectivity index (χ2n) is 7.06. The monoisotopic (exact) mass is 407 g/mol. The Hall–Kier alpha value is -3.12. The Kier molecular flexibility index (Phi) is 5.62. The average molecular weight is 408 g/mol. The fourth-order valence-electron chi connectivity index (χ4n) is 3.33. The van der Waals surface area contributed by atoms with E-state index in [-0.39, 0.29) is 6.03 Å². The van der Waals surface area contributed by atoms with Crippen molar-refractivity contribution in [3.05, 3.63) is 71.2 Å². The number of nitrogens with one attached hydrogen (secondary N) is 1. The van der Waals surface area contributed by atoms with Crippen LogP contribution in [0.4, 0.5) is 16.3 Å². The standard InChI is InChI=1S/C22H22ClN5O/c1-16-3-2-4-19(15-16)24-22(29)28-13-11-27(12-14-28)21-10-9-20(25-26-21)17-5-7-18(23)8-6-17/h2-10,15H,11-14H2,1H3,(H,24,29). The van der Waals surface area contributed by atoms with E-state index < -0.39 is 0 Å². The van der Waals surface area contributed by atoms with Gasteiger partial charge < -0.3 is 15.1 Å². The molecule has 148 valence electrons. The lowest BCUT2D eigenvalue weighted by Crippen LogP contribution is -2.50. The summed E-state index contributed by atoms with van der Waals surface area (Å²) in [5, 5.41) is 12.4. The molecule has 0 saturated carbocycles. The molecule has 2 aromatic carbocycles. The summed E-state index contributed by atoms with van der Waals surface area (Å²) in [7, 11) is 0. The van der Waals surface area contributed by atoms with Gasteiger partial charge in [0.05, 0.1) is 5.69 Å². The molecule has 0 radical (unpaired) electrons. The number of rotatable bonds is 3. The van der Waals surface area contributed by atoms with Crippen molar-refractivity contribution in [1.29, 1.82) is 0 Å². The fraction of sp³-hybridized carbons (Fsp3) is 0.227. The quantitative estimate of drug-likeness (QED) is 0.696. The number of aromatic nitrogens is 2. The lowest BCUT2D eigenvalue weighted by Gasteiger charge is -2.35. The number of hydrogen-bond donors (Lipinski definition) is 1. The first-order valence-corrected chi connectivity index (χ1v) is 9.93. The van der Waals surface area contributed by atoms with Crippen molar-refractivity contribution in [3.63, 3.8) is 0 Å². The highest BCUT2D eigenvalue weighted by atomic mass is 35.5. The first kappa shape index (κ1) is 19.2. The zero-order valence-electron chi connectivity index (χ0n) is 16.2. The van der Waals surface area contributed by atoms with E-state index >= 15 is 0 Å². The van der Waals surface area contributed by atoms with Crippen LogP contribution < -0.4 is 10.2 Å². The maximum absolute atomic E-state index is 12.5. The predicted octanol–water partition coefficient (Wildman–Crippen LogP) is 4.46. The molecule has 0 unspecified atom stereocenters. The van der Waals surface area contributed by atoms with Crippen molar-refractivity contribution in [3.8, 4) is 11.3 Å². The lowest BCUT2D eigenvalue weighted by molar-refractivity contribution is 0.208. The molecule has 1 aromatic heterocycles. The summed E-state index contributed by atoms with van der Waals surface area (Å²) in [6.45, 7) is 4.72. The Balaban J connectivity index is 1.34. The van der Waals surface area contributed by atoms with Crippen molar-refractivity contribution >= 4 is 29.1 Å². The minimum absolute atomic E-state index is 0.0700. The van der Waals surface area contributed by atoms with Gasteiger partial charge in [-0.3, -0.25) is 0 Å². The Morgan fingerprint density at radius 1 is 0.966 bits per heavy atom. The second-order valence-corrected chi connectivity index (χ2v) is 7.49. The number of benzene rings is 2. The minimum atomic E-state index is -0.0700. The maximum Gasteiger partial charge on any atom is 0.321 e. The molecule has 1 aliphatic rings. The van der Waals surface area contributed by atoms with E-state index in [0.717, 1.165) is 41.4 Å². The van der Waals surface area contributed by atoms with Crippen LogP contribution in [0, 0.1) is 6.92 Å². The zero-order valence-corrected chi connectivity index (χ0v) is 16.9. The van der Waals surface area contributed by atoms with Gasteiger partial charge in [0.1, 0.15) is 0 Å². The average Bonchev–Trinajstić information content (AvgIpc) is 2.75. The number of urea groups is 1.